The monoisotopic (exact) mass is 303 g/mol. The third-order valence-corrected chi connectivity index (χ3v) is 2.65. The summed E-state index contributed by atoms with van der Waals surface area (Å²) in [4.78, 5) is 11.5. The fourth-order valence-electron chi connectivity index (χ4n) is 1.24. The molecule has 3 nitrogen and oxygen atoms in total. The van der Waals surface area contributed by atoms with Gasteiger partial charge in [-0.1, -0.05) is 0 Å². The van der Waals surface area contributed by atoms with Crippen LogP contribution in [0.3, 0.4) is 0 Å². The normalized spacial score (nSPS) is 10.1. The van der Waals surface area contributed by atoms with E-state index in [0.717, 1.165) is 6.07 Å². The van der Waals surface area contributed by atoms with Gasteiger partial charge in [-0.05, 0) is 35.0 Å². The van der Waals surface area contributed by atoms with Crippen LogP contribution in [0.15, 0.2) is 16.6 Å². The van der Waals surface area contributed by atoms with Crippen molar-refractivity contribution in [3.8, 4) is 6.07 Å². The number of nitriles is 1. The first kappa shape index (κ1) is 13.6. The zero-order valence-corrected chi connectivity index (χ0v) is 10.4. The second-order valence-corrected chi connectivity index (χ2v) is 3.91. The fraction of sp³-hybridized carbons (Fsp3) is 0.273. The summed E-state index contributed by atoms with van der Waals surface area (Å²) in [5.41, 5.74) is -0.677. The highest BCUT2D eigenvalue weighted by atomic mass is 79.9. The topological polar surface area (TPSA) is 50.1 Å². The molecule has 1 aromatic carbocycles. The number of hydrogen-bond donors (Lipinski definition) is 0. The molecule has 0 saturated carbocycles. The van der Waals surface area contributed by atoms with E-state index in [-0.39, 0.29) is 22.2 Å². The lowest BCUT2D eigenvalue weighted by atomic mass is 10.0. The van der Waals surface area contributed by atoms with Crippen molar-refractivity contribution in [3.63, 3.8) is 0 Å². The maximum Gasteiger partial charge on any atom is 0.338 e. The van der Waals surface area contributed by atoms with Crippen LogP contribution in [0.1, 0.15) is 34.8 Å². The van der Waals surface area contributed by atoms with Gasteiger partial charge in [0, 0.05) is 10.0 Å². The van der Waals surface area contributed by atoms with Crippen molar-refractivity contribution < 1.29 is 18.3 Å². The van der Waals surface area contributed by atoms with Gasteiger partial charge < -0.3 is 4.74 Å². The number of carbonyl (C=O) groups excluding carboxylic acids is 1. The average Bonchev–Trinajstić information content (AvgIpc) is 2.28. The number of halogens is 3. The van der Waals surface area contributed by atoms with Crippen LogP contribution >= 0.6 is 15.9 Å². The number of ether oxygens (including phenoxy) is 1. The second kappa shape index (κ2) is 5.73. The molecule has 0 heterocycles. The molecule has 0 atom stereocenters. The molecule has 0 aliphatic rings. The fourth-order valence-corrected chi connectivity index (χ4v) is 1.67. The number of carbonyl (C=O) groups is 1. The van der Waals surface area contributed by atoms with Crippen molar-refractivity contribution in [1.82, 2.24) is 0 Å². The van der Waals surface area contributed by atoms with E-state index in [9.17, 15) is 13.6 Å². The van der Waals surface area contributed by atoms with Crippen molar-refractivity contribution >= 4 is 21.9 Å². The molecular formula is C11H8BrF2NO2. The first-order valence-corrected chi connectivity index (χ1v) is 5.49. The molecule has 0 aromatic heterocycles. The summed E-state index contributed by atoms with van der Waals surface area (Å²) in [6.07, 6.45) is -2.84. The van der Waals surface area contributed by atoms with Gasteiger partial charge in [0.2, 0.25) is 0 Å². The Balaban J connectivity index is 3.34. The van der Waals surface area contributed by atoms with Crippen LogP contribution in [0.4, 0.5) is 8.78 Å². The van der Waals surface area contributed by atoms with Gasteiger partial charge in [0.05, 0.1) is 17.7 Å². The summed E-state index contributed by atoms with van der Waals surface area (Å²) in [6, 6.07) is 3.92. The quantitative estimate of drug-likeness (QED) is 0.804. The Morgan fingerprint density at radius 2 is 2.24 bits per heavy atom. The lowest BCUT2D eigenvalue weighted by Crippen LogP contribution is -2.09. The Morgan fingerprint density at radius 1 is 1.59 bits per heavy atom. The third kappa shape index (κ3) is 3.01. The van der Waals surface area contributed by atoms with Crippen LogP contribution in [0.5, 0.6) is 0 Å². The SMILES string of the molecule is CCOC(=O)c1cc(Br)c(C#N)cc1C(F)F. The smallest absolute Gasteiger partial charge is 0.338 e. The lowest BCUT2D eigenvalue weighted by Gasteiger charge is -2.09. The van der Waals surface area contributed by atoms with Gasteiger partial charge in [-0.15, -0.1) is 0 Å². The minimum absolute atomic E-state index is 0.0494. The van der Waals surface area contributed by atoms with Crippen LogP contribution in [0.25, 0.3) is 0 Å². The Labute approximate surface area is 105 Å². The number of alkyl halides is 2. The third-order valence-electron chi connectivity index (χ3n) is 1.99. The van der Waals surface area contributed by atoms with E-state index >= 15 is 0 Å². The average molecular weight is 304 g/mol. The van der Waals surface area contributed by atoms with Crippen LogP contribution < -0.4 is 0 Å². The van der Waals surface area contributed by atoms with Gasteiger partial charge in [0.25, 0.3) is 6.43 Å². The minimum atomic E-state index is -2.84. The molecule has 1 rings (SSSR count). The van der Waals surface area contributed by atoms with Gasteiger partial charge in [0.15, 0.2) is 0 Å². The largest absolute Gasteiger partial charge is 0.462 e. The van der Waals surface area contributed by atoms with E-state index in [4.69, 9.17) is 5.26 Å². The molecular weight excluding hydrogens is 296 g/mol. The molecule has 17 heavy (non-hydrogen) atoms. The molecule has 0 aliphatic carbocycles. The first-order valence-electron chi connectivity index (χ1n) is 4.70. The number of hydrogen-bond acceptors (Lipinski definition) is 3. The van der Waals surface area contributed by atoms with E-state index in [1.807, 2.05) is 0 Å². The van der Waals surface area contributed by atoms with Gasteiger partial charge >= 0.3 is 5.97 Å². The molecule has 90 valence electrons. The van der Waals surface area contributed by atoms with Crippen LogP contribution in [-0.4, -0.2) is 12.6 Å². The lowest BCUT2D eigenvalue weighted by molar-refractivity contribution is 0.0515. The molecule has 0 bridgehead atoms. The number of nitrogens with zero attached hydrogens (tertiary/aromatic N) is 1. The summed E-state index contributed by atoms with van der Waals surface area (Å²) >= 11 is 3.03. The number of benzene rings is 1. The van der Waals surface area contributed by atoms with Gasteiger partial charge in [0.1, 0.15) is 6.07 Å². The standard InChI is InChI=1S/C11H8BrF2NO2/c1-2-17-11(16)8-4-9(12)6(5-15)3-7(8)10(13)14/h3-4,10H,2H2,1H3. The van der Waals surface area contributed by atoms with E-state index in [1.54, 1.807) is 13.0 Å². The molecule has 6 heteroatoms. The highest BCUT2D eigenvalue weighted by molar-refractivity contribution is 9.10. The van der Waals surface area contributed by atoms with Crippen molar-refractivity contribution in [2.45, 2.75) is 13.3 Å². The molecule has 0 spiro atoms. The Morgan fingerprint density at radius 3 is 2.71 bits per heavy atom. The summed E-state index contributed by atoms with van der Waals surface area (Å²) in [5, 5.41) is 8.72. The van der Waals surface area contributed by atoms with E-state index in [0.29, 0.717) is 0 Å². The van der Waals surface area contributed by atoms with Gasteiger partial charge in [-0.25, -0.2) is 13.6 Å². The Kier molecular flexibility index (Phi) is 4.58. The zero-order valence-electron chi connectivity index (χ0n) is 8.84. The van der Waals surface area contributed by atoms with Crippen molar-refractivity contribution in [3.05, 3.63) is 33.3 Å². The molecule has 0 unspecified atom stereocenters. The Hall–Kier alpha value is -1.48. The maximum absolute atomic E-state index is 12.7. The highest BCUT2D eigenvalue weighted by Gasteiger charge is 2.21. The Bertz CT molecular complexity index is 483. The van der Waals surface area contributed by atoms with Crippen molar-refractivity contribution in [1.29, 1.82) is 5.26 Å². The predicted octanol–water partition coefficient (Wildman–Crippen LogP) is 3.44. The molecule has 1 aromatic rings. The molecule has 0 saturated heterocycles. The van der Waals surface area contributed by atoms with Crippen LogP contribution in [-0.2, 0) is 4.74 Å². The zero-order chi connectivity index (χ0) is 13.0. The summed E-state index contributed by atoms with van der Waals surface area (Å²) in [5.74, 6) is -0.826. The molecule has 0 amide bonds. The summed E-state index contributed by atoms with van der Waals surface area (Å²) < 4.78 is 30.4. The summed E-state index contributed by atoms with van der Waals surface area (Å²) in [7, 11) is 0. The van der Waals surface area contributed by atoms with Gasteiger partial charge in [-0.2, -0.15) is 5.26 Å². The van der Waals surface area contributed by atoms with Crippen molar-refractivity contribution in [2.24, 2.45) is 0 Å². The first-order chi connectivity index (χ1) is 8.01. The second-order valence-electron chi connectivity index (χ2n) is 3.05. The molecule has 0 N–H and O–H groups in total. The van der Waals surface area contributed by atoms with E-state index in [2.05, 4.69) is 20.7 Å². The molecule has 0 radical (unpaired) electrons. The number of rotatable bonds is 3. The van der Waals surface area contributed by atoms with Crippen LogP contribution in [0.2, 0.25) is 0 Å². The molecule has 0 aliphatic heterocycles. The highest BCUT2D eigenvalue weighted by Crippen LogP contribution is 2.29. The van der Waals surface area contributed by atoms with E-state index < -0.39 is 18.0 Å². The summed E-state index contributed by atoms with van der Waals surface area (Å²) in [6.45, 7) is 1.68. The minimum Gasteiger partial charge on any atom is -0.462 e. The predicted molar refractivity (Wildman–Crippen MR) is 59.8 cm³/mol. The molecule has 0 fully saturated rings. The van der Waals surface area contributed by atoms with Gasteiger partial charge in [-0.3, -0.25) is 0 Å². The number of esters is 1. The van der Waals surface area contributed by atoms with Crippen molar-refractivity contribution in [2.75, 3.05) is 6.61 Å². The maximum atomic E-state index is 12.7. The van der Waals surface area contributed by atoms with E-state index in [1.165, 1.54) is 6.07 Å². The van der Waals surface area contributed by atoms with Crippen LogP contribution in [0, 0.1) is 11.3 Å².